The zero-order chi connectivity index (χ0) is 14.0. The Morgan fingerprint density at radius 3 is 2.74 bits per heavy atom. The van der Waals surface area contributed by atoms with Crippen molar-refractivity contribution in [3.05, 3.63) is 46.8 Å². The number of H-pyrrole nitrogens is 1. The first-order valence-electron chi connectivity index (χ1n) is 6.10. The maximum Gasteiger partial charge on any atom is 0.276 e. The standard InChI is InChI=1S/C14H18N4O/c1-9-5-4-6-11(7-9)8-18(3)14(19)13-12(15)10(2)16-17-13/h4-7H,8,15H2,1-3H3,(H,16,17). The fourth-order valence-electron chi connectivity index (χ4n) is 1.94. The van der Waals surface area contributed by atoms with Crippen LogP contribution in [0.5, 0.6) is 0 Å². The van der Waals surface area contributed by atoms with Crippen molar-refractivity contribution in [1.82, 2.24) is 15.1 Å². The van der Waals surface area contributed by atoms with Crippen LogP contribution < -0.4 is 5.73 Å². The van der Waals surface area contributed by atoms with Gasteiger partial charge in [0.1, 0.15) is 0 Å². The van der Waals surface area contributed by atoms with Gasteiger partial charge in [-0.05, 0) is 19.4 Å². The quantitative estimate of drug-likeness (QED) is 0.882. The molecule has 5 heteroatoms. The predicted molar refractivity (Wildman–Crippen MR) is 74.7 cm³/mol. The van der Waals surface area contributed by atoms with E-state index in [1.54, 1.807) is 18.9 Å². The maximum absolute atomic E-state index is 12.2. The van der Waals surface area contributed by atoms with Gasteiger partial charge in [0.15, 0.2) is 5.69 Å². The topological polar surface area (TPSA) is 75.0 Å². The van der Waals surface area contributed by atoms with E-state index < -0.39 is 0 Å². The van der Waals surface area contributed by atoms with Crippen LogP contribution in [0.15, 0.2) is 24.3 Å². The molecule has 0 aliphatic heterocycles. The van der Waals surface area contributed by atoms with Crippen LogP contribution in [0.1, 0.15) is 27.3 Å². The molecule has 0 fully saturated rings. The molecule has 1 aromatic heterocycles. The number of amides is 1. The average molecular weight is 258 g/mol. The van der Waals surface area contributed by atoms with Crippen LogP contribution in [0.4, 0.5) is 5.69 Å². The molecule has 0 unspecified atom stereocenters. The summed E-state index contributed by atoms with van der Waals surface area (Å²) in [5.41, 5.74) is 9.49. The Morgan fingerprint density at radius 1 is 1.42 bits per heavy atom. The van der Waals surface area contributed by atoms with Crippen molar-refractivity contribution in [3.8, 4) is 0 Å². The molecule has 1 aromatic carbocycles. The van der Waals surface area contributed by atoms with Crippen molar-refractivity contribution < 1.29 is 4.79 Å². The molecule has 0 aliphatic rings. The van der Waals surface area contributed by atoms with Gasteiger partial charge < -0.3 is 10.6 Å². The molecule has 0 bridgehead atoms. The van der Waals surface area contributed by atoms with Crippen LogP contribution in [0.3, 0.4) is 0 Å². The highest BCUT2D eigenvalue weighted by molar-refractivity contribution is 5.97. The number of nitrogens with zero attached hydrogens (tertiary/aromatic N) is 2. The van der Waals surface area contributed by atoms with Crippen molar-refractivity contribution in [2.45, 2.75) is 20.4 Å². The molecular weight excluding hydrogens is 240 g/mol. The maximum atomic E-state index is 12.2. The van der Waals surface area contributed by atoms with Crippen LogP contribution in [0, 0.1) is 13.8 Å². The number of hydrogen-bond acceptors (Lipinski definition) is 3. The van der Waals surface area contributed by atoms with Crippen LogP contribution in [-0.4, -0.2) is 28.1 Å². The highest BCUT2D eigenvalue weighted by Gasteiger charge is 2.19. The van der Waals surface area contributed by atoms with Crippen LogP contribution in [0.2, 0.25) is 0 Å². The molecule has 5 nitrogen and oxygen atoms in total. The third-order valence-electron chi connectivity index (χ3n) is 3.05. The van der Waals surface area contributed by atoms with E-state index in [0.29, 0.717) is 17.9 Å². The Hall–Kier alpha value is -2.30. The lowest BCUT2D eigenvalue weighted by Crippen LogP contribution is -2.27. The first-order valence-corrected chi connectivity index (χ1v) is 6.10. The summed E-state index contributed by atoms with van der Waals surface area (Å²) in [6, 6.07) is 8.06. The molecule has 0 atom stereocenters. The number of nitrogens with one attached hydrogen (secondary N) is 1. The molecule has 0 spiro atoms. The predicted octanol–water partition coefficient (Wildman–Crippen LogP) is 1.88. The molecule has 0 saturated carbocycles. The summed E-state index contributed by atoms with van der Waals surface area (Å²) >= 11 is 0. The number of aromatic nitrogens is 2. The van der Waals surface area contributed by atoms with E-state index in [0.717, 1.165) is 5.56 Å². The van der Waals surface area contributed by atoms with Crippen LogP contribution in [-0.2, 0) is 6.54 Å². The van der Waals surface area contributed by atoms with Gasteiger partial charge in [0.2, 0.25) is 0 Å². The Bertz CT molecular complexity index is 603. The summed E-state index contributed by atoms with van der Waals surface area (Å²) in [6.45, 7) is 4.35. The number of nitrogens with two attached hydrogens (primary N) is 1. The summed E-state index contributed by atoms with van der Waals surface area (Å²) in [5, 5.41) is 6.68. The van der Waals surface area contributed by atoms with E-state index in [-0.39, 0.29) is 11.6 Å². The van der Waals surface area contributed by atoms with Crippen molar-refractivity contribution in [2.75, 3.05) is 12.8 Å². The number of nitrogen functional groups attached to an aromatic ring is 1. The fraction of sp³-hybridized carbons (Fsp3) is 0.286. The second-order valence-electron chi connectivity index (χ2n) is 4.76. The Morgan fingerprint density at radius 2 is 2.16 bits per heavy atom. The number of carbonyl (C=O) groups is 1. The highest BCUT2D eigenvalue weighted by Crippen LogP contribution is 2.15. The number of hydrogen-bond donors (Lipinski definition) is 2. The van der Waals surface area contributed by atoms with Gasteiger partial charge in [-0.15, -0.1) is 0 Å². The Balaban J connectivity index is 2.14. The second-order valence-corrected chi connectivity index (χ2v) is 4.76. The van der Waals surface area contributed by atoms with Gasteiger partial charge in [0.25, 0.3) is 5.91 Å². The van der Waals surface area contributed by atoms with Gasteiger partial charge in [0.05, 0.1) is 11.4 Å². The summed E-state index contributed by atoms with van der Waals surface area (Å²) in [6.07, 6.45) is 0. The van der Waals surface area contributed by atoms with Gasteiger partial charge in [0, 0.05) is 13.6 Å². The summed E-state index contributed by atoms with van der Waals surface area (Å²) < 4.78 is 0. The lowest BCUT2D eigenvalue weighted by molar-refractivity contribution is 0.0780. The first-order chi connectivity index (χ1) is 8.99. The fourth-order valence-corrected chi connectivity index (χ4v) is 1.94. The van der Waals surface area contributed by atoms with Gasteiger partial charge in [-0.3, -0.25) is 9.89 Å². The second kappa shape index (κ2) is 5.14. The minimum Gasteiger partial charge on any atom is -0.395 e. The molecule has 19 heavy (non-hydrogen) atoms. The lowest BCUT2D eigenvalue weighted by atomic mass is 10.1. The van der Waals surface area contributed by atoms with E-state index in [1.807, 2.05) is 25.1 Å². The SMILES string of the molecule is Cc1cccc(CN(C)C(=O)c2n[nH]c(C)c2N)c1. The molecular formula is C14H18N4O. The normalized spacial score (nSPS) is 10.5. The Kier molecular flexibility index (Phi) is 3.55. The first kappa shape index (κ1) is 13.1. The van der Waals surface area contributed by atoms with Crippen molar-refractivity contribution in [1.29, 1.82) is 0 Å². The third kappa shape index (κ3) is 2.76. The van der Waals surface area contributed by atoms with Crippen molar-refractivity contribution in [3.63, 3.8) is 0 Å². The third-order valence-corrected chi connectivity index (χ3v) is 3.05. The zero-order valence-electron chi connectivity index (χ0n) is 11.4. The van der Waals surface area contributed by atoms with E-state index in [2.05, 4.69) is 16.3 Å². The number of carbonyl (C=O) groups excluding carboxylic acids is 1. The summed E-state index contributed by atoms with van der Waals surface area (Å²) in [5.74, 6) is -0.177. The molecule has 1 heterocycles. The largest absolute Gasteiger partial charge is 0.395 e. The molecule has 0 radical (unpaired) electrons. The number of rotatable bonds is 3. The monoisotopic (exact) mass is 258 g/mol. The number of anilines is 1. The molecule has 3 N–H and O–H groups in total. The van der Waals surface area contributed by atoms with Crippen LogP contribution in [0.25, 0.3) is 0 Å². The molecule has 1 amide bonds. The lowest BCUT2D eigenvalue weighted by Gasteiger charge is -2.16. The average Bonchev–Trinajstić information content (AvgIpc) is 2.69. The molecule has 0 aliphatic carbocycles. The Labute approximate surface area is 112 Å². The minimum atomic E-state index is -0.177. The van der Waals surface area contributed by atoms with Crippen LogP contribution >= 0.6 is 0 Å². The van der Waals surface area contributed by atoms with Crippen molar-refractivity contribution in [2.24, 2.45) is 0 Å². The number of aryl methyl sites for hydroxylation is 2. The summed E-state index contributed by atoms with van der Waals surface area (Å²) in [7, 11) is 1.74. The molecule has 100 valence electrons. The van der Waals surface area contributed by atoms with Gasteiger partial charge in [-0.25, -0.2) is 0 Å². The molecule has 0 saturated heterocycles. The van der Waals surface area contributed by atoms with Gasteiger partial charge in [-0.1, -0.05) is 29.8 Å². The van der Waals surface area contributed by atoms with Gasteiger partial charge >= 0.3 is 0 Å². The number of aromatic amines is 1. The zero-order valence-corrected chi connectivity index (χ0v) is 11.4. The van der Waals surface area contributed by atoms with Gasteiger partial charge in [-0.2, -0.15) is 5.10 Å². The van der Waals surface area contributed by atoms with E-state index in [9.17, 15) is 4.79 Å². The number of benzene rings is 1. The van der Waals surface area contributed by atoms with Crippen molar-refractivity contribution >= 4 is 11.6 Å². The molecule has 2 aromatic rings. The summed E-state index contributed by atoms with van der Waals surface area (Å²) in [4.78, 5) is 13.8. The van der Waals surface area contributed by atoms with E-state index in [4.69, 9.17) is 5.73 Å². The van der Waals surface area contributed by atoms with E-state index >= 15 is 0 Å². The highest BCUT2D eigenvalue weighted by atomic mass is 16.2. The smallest absolute Gasteiger partial charge is 0.276 e. The molecule has 2 rings (SSSR count). The minimum absolute atomic E-state index is 0.177. The van der Waals surface area contributed by atoms with E-state index in [1.165, 1.54) is 5.56 Å².